The number of thiazole rings is 1. The topological polar surface area (TPSA) is 28.6 Å². The van der Waals surface area contributed by atoms with Crippen molar-refractivity contribution in [2.24, 2.45) is 0 Å². The number of hydrogen-bond donors (Lipinski definition) is 0. The summed E-state index contributed by atoms with van der Waals surface area (Å²) in [6.07, 6.45) is 2.11. The minimum absolute atomic E-state index is 0.132. The maximum absolute atomic E-state index is 14.1. The van der Waals surface area contributed by atoms with Gasteiger partial charge in [-0.15, -0.1) is 0 Å². The highest BCUT2D eigenvalue weighted by molar-refractivity contribution is 14.1. The summed E-state index contributed by atoms with van der Waals surface area (Å²) in [5.41, 5.74) is -1.21. The van der Waals surface area contributed by atoms with E-state index in [1.54, 1.807) is 25.2 Å². The van der Waals surface area contributed by atoms with Crippen LogP contribution in [0, 0.1) is 0 Å². The molecule has 2 heterocycles. The summed E-state index contributed by atoms with van der Waals surface area (Å²) in [6, 6.07) is 0.406. The van der Waals surface area contributed by atoms with Gasteiger partial charge in [0.15, 0.2) is 0 Å². The van der Waals surface area contributed by atoms with Crippen molar-refractivity contribution in [1.29, 1.82) is 0 Å². The van der Waals surface area contributed by atoms with Crippen LogP contribution in [0.4, 0.5) is 4.39 Å². The number of ether oxygens (including phenoxy) is 1. The number of hydrogen-bond acceptors (Lipinski definition) is 5. The lowest BCUT2D eigenvalue weighted by atomic mass is 10.1. The Morgan fingerprint density at radius 3 is 2.64 bits per heavy atom. The van der Waals surface area contributed by atoms with Crippen molar-refractivity contribution < 1.29 is 9.13 Å². The van der Waals surface area contributed by atoms with Gasteiger partial charge in [-0.3, -0.25) is 4.90 Å². The zero-order valence-corrected chi connectivity index (χ0v) is 16.8. The fraction of sp³-hybridized carbons (Fsp3) is 0.800. The van der Waals surface area contributed by atoms with Gasteiger partial charge >= 0.3 is 0 Å². The first-order chi connectivity index (χ1) is 10.2. The van der Waals surface area contributed by atoms with E-state index in [-0.39, 0.29) is 18.2 Å². The van der Waals surface area contributed by atoms with Crippen LogP contribution in [-0.2, 0) is 0 Å². The number of nitrogens with zero attached hydrogens (tertiary/aromatic N) is 3. The molecule has 2 rings (SSSR count). The molecule has 1 atom stereocenters. The predicted molar refractivity (Wildman–Crippen MR) is 97.6 cm³/mol. The molecule has 0 aromatic carbocycles. The zero-order chi connectivity index (χ0) is 16.5. The second-order valence-corrected chi connectivity index (χ2v) is 9.15. The molecular weight excluding hydrogens is 416 g/mol. The van der Waals surface area contributed by atoms with Gasteiger partial charge in [0.1, 0.15) is 11.8 Å². The second kappa shape index (κ2) is 7.27. The normalized spacial score (nSPS) is 18.8. The Hall–Kier alpha value is 0.01000. The van der Waals surface area contributed by atoms with E-state index in [1.807, 2.05) is 6.20 Å². The van der Waals surface area contributed by atoms with Gasteiger partial charge in [0.2, 0.25) is 0 Å². The van der Waals surface area contributed by atoms with Gasteiger partial charge in [0, 0.05) is 65.7 Å². The standard InChI is InChI=1S/C15H25FIN3OS/c1-10(2)20(9-15(4,5)16)11(3)13-6-18-14(22-13)21-12-7-19(17)8-12/h6,10-12H,7-9H2,1-5H3/t11-/m0/s1. The Morgan fingerprint density at radius 2 is 2.14 bits per heavy atom. The summed E-state index contributed by atoms with van der Waals surface area (Å²) >= 11 is 3.86. The van der Waals surface area contributed by atoms with Crippen molar-refractivity contribution >= 4 is 34.2 Å². The largest absolute Gasteiger partial charge is 0.464 e. The Balaban J connectivity index is 2.00. The van der Waals surface area contributed by atoms with Crippen LogP contribution in [0.2, 0.25) is 0 Å². The third-order valence-corrected chi connectivity index (χ3v) is 5.55. The van der Waals surface area contributed by atoms with Gasteiger partial charge < -0.3 is 4.74 Å². The summed E-state index contributed by atoms with van der Waals surface area (Å²) in [6.45, 7) is 11.9. The smallest absolute Gasteiger partial charge is 0.273 e. The molecule has 0 amide bonds. The lowest BCUT2D eigenvalue weighted by molar-refractivity contribution is 0.0753. The van der Waals surface area contributed by atoms with Crippen LogP contribution in [0.5, 0.6) is 5.19 Å². The predicted octanol–water partition coefficient (Wildman–Crippen LogP) is 4.08. The van der Waals surface area contributed by atoms with E-state index >= 15 is 0 Å². The summed E-state index contributed by atoms with van der Waals surface area (Å²) in [4.78, 5) is 7.67. The Morgan fingerprint density at radius 1 is 1.50 bits per heavy atom. The van der Waals surface area contributed by atoms with E-state index in [0.717, 1.165) is 23.2 Å². The van der Waals surface area contributed by atoms with E-state index in [2.05, 4.69) is 56.6 Å². The molecule has 0 radical (unpaired) electrons. The van der Waals surface area contributed by atoms with Crippen LogP contribution in [0.25, 0.3) is 0 Å². The summed E-state index contributed by atoms with van der Waals surface area (Å²) in [5.74, 6) is 0. The van der Waals surface area contributed by atoms with Crippen molar-refractivity contribution in [2.45, 2.75) is 58.5 Å². The molecule has 0 aliphatic carbocycles. The maximum Gasteiger partial charge on any atom is 0.273 e. The van der Waals surface area contributed by atoms with Gasteiger partial charge in [-0.2, -0.15) is 0 Å². The maximum atomic E-state index is 14.1. The van der Waals surface area contributed by atoms with Crippen LogP contribution >= 0.6 is 34.2 Å². The first-order valence-electron chi connectivity index (χ1n) is 7.63. The van der Waals surface area contributed by atoms with Gasteiger partial charge in [0.25, 0.3) is 5.19 Å². The molecule has 1 aromatic heterocycles. The molecule has 1 aliphatic heterocycles. The lowest BCUT2D eigenvalue weighted by Gasteiger charge is -2.35. The molecule has 0 saturated carbocycles. The molecule has 0 unspecified atom stereocenters. The second-order valence-electron chi connectivity index (χ2n) is 6.76. The van der Waals surface area contributed by atoms with Crippen molar-refractivity contribution in [3.63, 3.8) is 0 Å². The molecule has 1 fully saturated rings. The lowest BCUT2D eigenvalue weighted by Crippen LogP contribution is -2.48. The fourth-order valence-electron chi connectivity index (χ4n) is 2.49. The molecule has 4 nitrogen and oxygen atoms in total. The van der Waals surface area contributed by atoms with Crippen molar-refractivity contribution in [3.05, 3.63) is 11.1 Å². The quantitative estimate of drug-likeness (QED) is 0.471. The van der Waals surface area contributed by atoms with Crippen LogP contribution in [0.15, 0.2) is 6.20 Å². The number of rotatable bonds is 7. The molecule has 0 spiro atoms. The molecule has 0 bridgehead atoms. The zero-order valence-electron chi connectivity index (χ0n) is 13.8. The monoisotopic (exact) mass is 441 g/mol. The van der Waals surface area contributed by atoms with Crippen molar-refractivity contribution in [1.82, 2.24) is 13.0 Å². The van der Waals surface area contributed by atoms with Gasteiger partial charge in [0.05, 0.1) is 0 Å². The highest BCUT2D eigenvalue weighted by atomic mass is 127. The van der Waals surface area contributed by atoms with Crippen LogP contribution < -0.4 is 4.74 Å². The Bertz CT molecular complexity index is 485. The van der Waals surface area contributed by atoms with E-state index in [1.165, 1.54) is 0 Å². The first kappa shape index (κ1) is 18.4. The first-order valence-corrected chi connectivity index (χ1v) is 9.41. The number of alkyl halides is 1. The fourth-order valence-corrected chi connectivity index (χ4v) is 4.27. The van der Waals surface area contributed by atoms with Crippen LogP contribution in [0.3, 0.4) is 0 Å². The average molecular weight is 441 g/mol. The molecule has 22 heavy (non-hydrogen) atoms. The molecule has 1 saturated heterocycles. The van der Waals surface area contributed by atoms with Gasteiger partial charge in [-0.25, -0.2) is 12.5 Å². The Labute approximate surface area is 150 Å². The van der Waals surface area contributed by atoms with E-state index in [4.69, 9.17) is 4.74 Å². The van der Waals surface area contributed by atoms with E-state index in [0.29, 0.717) is 6.54 Å². The highest BCUT2D eigenvalue weighted by Gasteiger charge is 2.30. The molecular formula is C15H25FIN3OS. The summed E-state index contributed by atoms with van der Waals surface area (Å²) < 4.78 is 22.1. The molecule has 7 heteroatoms. The highest BCUT2D eigenvalue weighted by Crippen LogP contribution is 2.33. The average Bonchev–Trinajstić information content (AvgIpc) is 2.80. The molecule has 126 valence electrons. The van der Waals surface area contributed by atoms with Crippen LogP contribution in [0.1, 0.15) is 45.5 Å². The molecule has 0 N–H and O–H groups in total. The van der Waals surface area contributed by atoms with Gasteiger partial charge in [-0.05, 0) is 34.6 Å². The summed E-state index contributed by atoms with van der Waals surface area (Å²) in [5, 5.41) is 0.722. The third-order valence-electron chi connectivity index (χ3n) is 3.70. The van der Waals surface area contributed by atoms with Crippen molar-refractivity contribution in [3.8, 4) is 5.19 Å². The van der Waals surface area contributed by atoms with E-state index < -0.39 is 5.67 Å². The minimum Gasteiger partial charge on any atom is -0.464 e. The SMILES string of the molecule is CC(C)N(CC(C)(C)F)[C@@H](C)c1cnc(OC2CN(I)C2)s1. The Kier molecular flexibility index (Phi) is 6.07. The summed E-state index contributed by atoms with van der Waals surface area (Å²) in [7, 11) is 0. The number of halogens is 2. The van der Waals surface area contributed by atoms with Crippen LogP contribution in [-0.4, -0.2) is 50.4 Å². The third kappa shape index (κ3) is 5.01. The van der Waals surface area contributed by atoms with E-state index in [9.17, 15) is 4.39 Å². The molecule has 1 aliphatic rings. The van der Waals surface area contributed by atoms with Crippen molar-refractivity contribution in [2.75, 3.05) is 19.6 Å². The van der Waals surface area contributed by atoms with Gasteiger partial charge in [-0.1, -0.05) is 11.3 Å². The number of aromatic nitrogens is 1. The minimum atomic E-state index is -1.21. The molecule has 1 aromatic rings.